The summed E-state index contributed by atoms with van der Waals surface area (Å²) in [7, 11) is 0. The number of hydrogen-bond donors (Lipinski definition) is 0. The van der Waals surface area contributed by atoms with E-state index >= 15 is 0 Å². The van der Waals surface area contributed by atoms with Crippen LogP contribution in [0.2, 0.25) is 0 Å². The first-order chi connectivity index (χ1) is 6.27. The van der Waals surface area contributed by atoms with E-state index in [4.69, 9.17) is 0 Å². The molecule has 1 heterocycles. The molecule has 1 aliphatic heterocycles. The molecule has 2 nitrogen and oxygen atoms in total. The molecule has 2 fully saturated rings. The minimum atomic E-state index is 0.482. The Hall–Kier alpha value is -0.370. The molecule has 2 heteroatoms. The Labute approximate surface area is 80.3 Å². The quantitative estimate of drug-likeness (QED) is 0.616. The molecule has 74 valence electrons. The van der Waals surface area contributed by atoms with Crippen molar-refractivity contribution in [2.24, 2.45) is 0 Å². The van der Waals surface area contributed by atoms with Crippen molar-refractivity contribution in [3.8, 4) is 0 Å². The molecule has 1 aliphatic carbocycles. The molecule has 1 saturated heterocycles. The number of likely N-dealkylation sites (tertiary alicyclic amines) is 1. The van der Waals surface area contributed by atoms with Gasteiger partial charge in [-0.2, -0.15) is 0 Å². The molecule has 0 aromatic rings. The Kier molecular flexibility index (Phi) is 2.68. The Morgan fingerprint density at radius 2 is 2.15 bits per heavy atom. The van der Waals surface area contributed by atoms with Crippen LogP contribution in [0.15, 0.2) is 0 Å². The minimum Gasteiger partial charge on any atom is -0.300 e. The predicted molar refractivity (Wildman–Crippen MR) is 52.7 cm³/mol. The van der Waals surface area contributed by atoms with Gasteiger partial charge < -0.3 is 0 Å². The number of nitrogens with zero attached hydrogens (tertiary/aromatic N) is 1. The summed E-state index contributed by atoms with van der Waals surface area (Å²) in [5.41, 5.74) is 0. The summed E-state index contributed by atoms with van der Waals surface area (Å²) in [6.45, 7) is 3.52. The fraction of sp³-hybridized carbons (Fsp3) is 0.909. The molecular formula is C11H19NO. The van der Waals surface area contributed by atoms with Gasteiger partial charge in [-0.25, -0.2) is 0 Å². The van der Waals surface area contributed by atoms with Gasteiger partial charge in [0.2, 0.25) is 0 Å². The van der Waals surface area contributed by atoms with Crippen LogP contribution in [0, 0.1) is 0 Å². The Morgan fingerprint density at radius 3 is 2.77 bits per heavy atom. The second-order valence-corrected chi connectivity index (χ2v) is 4.52. The second kappa shape index (κ2) is 3.79. The summed E-state index contributed by atoms with van der Waals surface area (Å²) in [6, 6.07) is 1.30. The van der Waals surface area contributed by atoms with Gasteiger partial charge in [0, 0.05) is 24.9 Å². The van der Waals surface area contributed by atoms with Crippen molar-refractivity contribution < 1.29 is 4.79 Å². The molecule has 0 aromatic carbocycles. The van der Waals surface area contributed by atoms with E-state index in [1.54, 1.807) is 0 Å². The van der Waals surface area contributed by atoms with E-state index in [9.17, 15) is 4.79 Å². The summed E-state index contributed by atoms with van der Waals surface area (Å²) in [4.78, 5) is 13.9. The van der Waals surface area contributed by atoms with Crippen LogP contribution < -0.4 is 0 Å². The van der Waals surface area contributed by atoms with Crippen LogP contribution in [-0.4, -0.2) is 29.3 Å². The van der Waals surface area contributed by atoms with Gasteiger partial charge in [0.25, 0.3) is 0 Å². The summed E-state index contributed by atoms with van der Waals surface area (Å²) in [5, 5.41) is 0. The van der Waals surface area contributed by atoms with E-state index in [-0.39, 0.29) is 0 Å². The summed E-state index contributed by atoms with van der Waals surface area (Å²) >= 11 is 0. The van der Waals surface area contributed by atoms with Gasteiger partial charge in [-0.1, -0.05) is 0 Å². The lowest BCUT2D eigenvalue weighted by Crippen LogP contribution is -2.40. The Bertz CT molecular complexity index is 202. The zero-order valence-corrected chi connectivity index (χ0v) is 8.46. The predicted octanol–water partition coefficient (Wildman–Crippen LogP) is 1.98. The fourth-order valence-electron chi connectivity index (χ4n) is 2.78. The van der Waals surface area contributed by atoms with Gasteiger partial charge in [-0.05, 0) is 39.2 Å². The first-order valence-electron chi connectivity index (χ1n) is 5.55. The van der Waals surface area contributed by atoms with Gasteiger partial charge in [0.1, 0.15) is 5.78 Å². The lowest BCUT2D eigenvalue weighted by atomic mass is 9.93. The third kappa shape index (κ3) is 1.93. The topological polar surface area (TPSA) is 20.3 Å². The molecule has 0 aromatic heterocycles. The molecule has 13 heavy (non-hydrogen) atoms. The van der Waals surface area contributed by atoms with E-state index in [1.165, 1.54) is 25.8 Å². The van der Waals surface area contributed by atoms with Gasteiger partial charge in [0.15, 0.2) is 0 Å². The van der Waals surface area contributed by atoms with E-state index in [1.807, 2.05) is 0 Å². The molecule has 0 radical (unpaired) electrons. The fourth-order valence-corrected chi connectivity index (χ4v) is 2.78. The third-order valence-corrected chi connectivity index (χ3v) is 3.53. The number of rotatable bonds is 1. The molecule has 1 saturated carbocycles. The first kappa shape index (κ1) is 9.20. The van der Waals surface area contributed by atoms with Crippen LogP contribution >= 0.6 is 0 Å². The van der Waals surface area contributed by atoms with Crippen molar-refractivity contribution in [3.63, 3.8) is 0 Å². The maximum absolute atomic E-state index is 11.3. The maximum atomic E-state index is 11.3. The van der Waals surface area contributed by atoms with Crippen LogP contribution in [0.4, 0.5) is 0 Å². The standard InChI is InChI=1S/C11H19NO/c1-9-4-3-7-12(9)10-5-2-6-11(13)8-10/h9-10H,2-8H2,1H3. The van der Waals surface area contributed by atoms with Crippen LogP contribution in [0.5, 0.6) is 0 Å². The van der Waals surface area contributed by atoms with Crippen molar-refractivity contribution in [1.82, 2.24) is 4.90 Å². The highest BCUT2D eigenvalue weighted by Gasteiger charge is 2.30. The van der Waals surface area contributed by atoms with E-state index in [0.29, 0.717) is 11.8 Å². The number of carbonyl (C=O) groups excluding carboxylic acids is 1. The average Bonchev–Trinajstić information content (AvgIpc) is 2.51. The largest absolute Gasteiger partial charge is 0.300 e. The maximum Gasteiger partial charge on any atom is 0.134 e. The number of hydrogen-bond acceptors (Lipinski definition) is 2. The Morgan fingerprint density at radius 1 is 1.31 bits per heavy atom. The summed E-state index contributed by atoms with van der Waals surface area (Å²) in [6.07, 6.45) is 6.67. The molecule has 2 aliphatic rings. The zero-order chi connectivity index (χ0) is 9.26. The number of ketones is 1. The highest BCUT2D eigenvalue weighted by atomic mass is 16.1. The van der Waals surface area contributed by atoms with Gasteiger partial charge >= 0.3 is 0 Å². The lowest BCUT2D eigenvalue weighted by molar-refractivity contribution is -0.122. The number of Topliss-reactive ketones (excluding diaryl/α,β-unsaturated/α-hetero) is 1. The van der Waals surface area contributed by atoms with E-state index < -0.39 is 0 Å². The highest BCUT2D eigenvalue weighted by molar-refractivity contribution is 5.79. The third-order valence-electron chi connectivity index (χ3n) is 3.53. The molecular weight excluding hydrogens is 162 g/mol. The van der Waals surface area contributed by atoms with Crippen molar-refractivity contribution >= 4 is 5.78 Å². The van der Waals surface area contributed by atoms with Crippen molar-refractivity contribution in [1.29, 1.82) is 0 Å². The number of carbonyl (C=O) groups is 1. The van der Waals surface area contributed by atoms with Crippen LogP contribution in [0.1, 0.15) is 45.4 Å². The Balaban J connectivity index is 1.95. The minimum absolute atomic E-state index is 0.482. The lowest BCUT2D eigenvalue weighted by Gasteiger charge is -2.33. The molecule has 2 atom stereocenters. The molecule has 0 spiro atoms. The highest BCUT2D eigenvalue weighted by Crippen LogP contribution is 2.27. The van der Waals surface area contributed by atoms with E-state index in [2.05, 4.69) is 11.8 Å². The molecule has 0 amide bonds. The summed E-state index contributed by atoms with van der Waals surface area (Å²) < 4.78 is 0. The van der Waals surface area contributed by atoms with Crippen molar-refractivity contribution in [2.45, 2.75) is 57.5 Å². The van der Waals surface area contributed by atoms with Gasteiger partial charge in [-0.15, -0.1) is 0 Å². The smallest absolute Gasteiger partial charge is 0.134 e. The van der Waals surface area contributed by atoms with Crippen molar-refractivity contribution in [3.05, 3.63) is 0 Å². The van der Waals surface area contributed by atoms with Crippen LogP contribution in [-0.2, 0) is 4.79 Å². The van der Waals surface area contributed by atoms with E-state index in [0.717, 1.165) is 25.3 Å². The van der Waals surface area contributed by atoms with Crippen LogP contribution in [0.3, 0.4) is 0 Å². The second-order valence-electron chi connectivity index (χ2n) is 4.52. The molecule has 2 unspecified atom stereocenters. The molecule has 0 N–H and O–H groups in total. The zero-order valence-electron chi connectivity index (χ0n) is 8.46. The SMILES string of the molecule is CC1CCCN1C1CCCC(=O)C1. The summed E-state index contributed by atoms with van der Waals surface area (Å²) in [5.74, 6) is 0.482. The van der Waals surface area contributed by atoms with Gasteiger partial charge in [-0.3, -0.25) is 9.69 Å². The molecule has 2 rings (SSSR count). The normalized spacial score (nSPS) is 36.8. The van der Waals surface area contributed by atoms with Crippen LogP contribution in [0.25, 0.3) is 0 Å². The van der Waals surface area contributed by atoms with Crippen molar-refractivity contribution in [2.75, 3.05) is 6.54 Å². The average molecular weight is 181 g/mol. The monoisotopic (exact) mass is 181 g/mol. The van der Waals surface area contributed by atoms with Gasteiger partial charge in [0.05, 0.1) is 0 Å². The molecule has 0 bridgehead atoms. The first-order valence-corrected chi connectivity index (χ1v) is 5.55.